The Morgan fingerprint density at radius 3 is 0.718 bits per heavy atom. The van der Waals surface area contributed by atoms with Gasteiger partial charge in [0.15, 0.2) is 0 Å². The van der Waals surface area contributed by atoms with E-state index in [9.17, 15) is 10.5 Å². The van der Waals surface area contributed by atoms with E-state index in [1.807, 2.05) is 0 Å². The van der Waals surface area contributed by atoms with Gasteiger partial charge in [-0.05, 0) is 72.8 Å². The number of alkyl halides is 12. The Labute approximate surface area is 430 Å². The molecule has 13 aromatic rings. The summed E-state index contributed by atoms with van der Waals surface area (Å²) >= 11 is 0. The first kappa shape index (κ1) is 48.0. The Bertz CT molecular complexity index is 4390. The minimum absolute atomic E-state index is 0.0328. The molecule has 0 N–H and O–H groups in total. The van der Waals surface area contributed by atoms with Crippen LogP contribution in [0, 0.1) is 22.7 Å². The van der Waals surface area contributed by atoms with Crippen LogP contribution in [0.2, 0.25) is 0 Å². The highest BCUT2D eigenvalue weighted by molar-refractivity contribution is 6.16. The first-order chi connectivity index (χ1) is 37.2. The van der Waals surface area contributed by atoms with Gasteiger partial charge in [-0.15, -0.1) is 0 Å². The molecule has 18 heteroatoms. The SMILES string of the molecule is N#Cc1c(-n2c3ccccc3c3ccccc32)c(C#N)c(-n2c3cc(C(F)(F)F)ccc3c3ccc(C(F)(F)F)cc32)c(-n2c3ccccc3c3ccccc32)c1-n1c2cc(C(F)(F)F)ccc2c2ccc(C(F)(F)F)cc21. The van der Waals surface area contributed by atoms with Crippen LogP contribution in [0.5, 0.6) is 0 Å². The van der Waals surface area contributed by atoms with Crippen LogP contribution in [-0.4, -0.2) is 18.3 Å². The summed E-state index contributed by atoms with van der Waals surface area (Å²) in [5.41, 5.74) is -8.27. The van der Waals surface area contributed by atoms with E-state index in [1.54, 1.807) is 97.1 Å². The monoisotopic (exact) mass is 1060 g/mol. The molecule has 4 aromatic heterocycles. The summed E-state index contributed by atoms with van der Waals surface area (Å²) < 4.78 is 187. The molecular weight excluding hydrogens is 1030 g/mol. The summed E-state index contributed by atoms with van der Waals surface area (Å²) in [7, 11) is 0. The lowest BCUT2D eigenvalue weighted by Crippen LogP contribution is -2.17. The Morgan fingerprint density at radius 2 is 0.474 bits per heavy atom. The molecule has 9 aromatic carbocycles. The van der Waals surface area contributed by atoms with Crippen LogP contribution in [0.15, 0.2) is 170 Å². The number of nitrogens with zero attached hydrogens (tertiary/aromatic N) is 6. The van der Waals surface area contributed by atoms with Crippen LogP contribution in [0.1, 0.15) is 33.4 Å². The Morgan fingerprint density at radius 1 is 0.256 bits per heavy atom. The van der Waals surface area contributed by atoms with Gasteiger partial charge in [0.25, 0.3) is 0 Å². The fraction of sp³-hybridized carbons (Fsp3) is 0.0667. The summed E-state index contributed by atoms with van der Waals surface area (Å²) in [4.78, 5) is 0. The number of halogens is 12. The maximum absolute atomic E-state index is 15.1. The van der Waals surface area contributed by atoms with E-state index in [0.29, 0.717) is 56.8 Å². The van der Waals surface area contributed by atoms with E-state index in [2.05, 4.69) is 12.1 Å². The van der Waals surface area contributed by atoms with Crippen molar-refractivity contribution in [2.75, 3.05) is 0 Å². The van der Waals surface area contributed by atoms with Crippen LogP contribution in [0.3, 0.4) is 0 Å². The molecule has 0 radical (unpaired) electrons. The molecule has 0 unspecified atom stereocenters. The summed E-state index contributed by atoms with van der Waals surface area (Å²) in [6, 6.07) is 41.1. The number of benzene rings is 9. The molecular formula is C60H28F12N6. The van der Waals surface area contributed by atoms with Crippen molar-refractivity contribution in [3.05, 3.63) is 203 Å². The van der Waals surface area contributed by atoms with Crippen LogP contribution in [0.4, 0.5) is 52.7 Å². The zero-order chi connectivity index (χ0) is 54.5. The first-order valence-electron chi connectivity index (χ1n) is 23.7. The fourth-order valence-electron chi connectivity index (χ4n) is 11.3. The zero-order valence-corrected chi connectivity index (χ0v) is 39.4. The van der Waals surface area contributed by atoms with Gasteiger partial charge in [0.05, 0.1) is 89.1 Å². The highest BCUT2D eigenvalue weighted by Gasteiger charge is 2.39. The molecule has 0 aliphatic heterocycles. The van der Waals surface area contributed by atoms with Gasteiger partial charge in [0, 0.05) is 43.1 Å². The zero-order valence-electron chi connectivity index (χ0n) is 39.4. The largest absolute Gasteiger partial charge is 0.416 e. The molecule has 0 saturated heterocycles. The van der Waals surface area contributed by atoms with Gasteiger partial charge in [-0.2, -0.15) is 63.2 Å². The third-order valence-corrected chi connectivity index (χ3v) is 14.5. The molecule has 0 aliphatic carbocycles. The molecule has 0 saturated carbocycles. The van der Waals surface area contributed by atoms with Crippen LogP contribution < -0.4 is 0 Å². The summed E-state index contributed by atoms with van der Waals surface area (Å²) in [5.74, 6) is 0. The molecule has 4 heterocycles. The van der Waals surface area contributed by atoms with Crippen molar-refractivity contribution in [1.82, 2.24) is 18.3 Å². The van der Waals surface area contributed by atoms with Crippen molar-refractivity contribution < 1.29 is 52.7 Å². The third kappa shape index (κ3) is 6.91. The number of fused-ring (bicyclic) bond motifs is 12. The Kier molecular flexibility index (Phi) is 10.1. The Balaban J connectivity index is 1.42. The highest BCUT2D eigenvalue weighted by atomic mass is 19.4. The molecule has 0 atom stereocenters. The second kappa shape index (κ2) is 16.4. The van der Waals surface area contributed by atoms with Gasteiger partial charge in [0.2, 0.25) is 0 Å². The second-order valence-corrected chi connectivity index (χ2v) is 18.7. The average Bonchev–Trinajstić information content (AvgIpc) is 4.15. The summed E-state index contributed by atoms with van der Waals surface area (Å²) in [5, 5.41) is 26.2. The van der Waals surface area contributed by atoms with E-state index in [4.69, 9.17) is 0 Å². The van der Waals surface area contributed by atoms with Crippen LogP contribution >= 0.6 is 0 Å². The molecule has 13 rings (SSSR count). The number of hydrogen-bond donors (Lipinski definition) is 0. The van der Waals surface area contributed by atoms with Gasteiger partial charge in [-0.3, -0.25) is 0 Å². The Hall–Kier alpha value is -9.68. The van der Waals surface area contributed by atoms with E-state index < -0.39 is 91.5 Å². The van der Waals surface area contributed by atoms with Gasteiger partial charge in [0.1, 0.15) is 23.3 Å². The van der Waals surface area contributed by atoms with Gasteiger partial charge >= 0.3 is 24.7 Å². The number of hydrogen-bond acceptors (Lipinski definition) is 2. The van der Waals surface area contributed by atoms with Crippen molar-refractivity contribution in [2.24, 2.45) is 0 Å². The maximum Gasteiger partial charge on any atom is 0.416 e. The molecule has 6 nitrogen and oxygen atoms in total. The number of nitriles is 2. The van der Waals surface area contributed by atoms with Crippen LogP contribution in [0.25, 0.3) is 110 Å². The van der Waals surface area contributed by atoms with Gasteiger partial charge < -0.3 is 18.3 Å². The first-order valence-corrected chi connectivity index (χ1v) is 23.7. The number of para-hydroxylation sites is 4. The van der Waals surface area contributed by atoms with Crippen molar-refractivity contribution in [2.45, 2.75) is 24.7 Å². The van der Waals surface area contributed by atoms with Crippen molar-refractivity contribution in [1.29, 1.82) is 10.5 Å². The van der Waals surface area contributed by atoms with E-state index in [1.165, 1.54) is 9.13 Å². The second-order valence-electron chi connectivity index (χ2n) is 18.7. The minimum atomic E-state index is -5.07. The predicted octanol–water partition coefficient (Wildman–Crippen LogP) is 17.9. The molecule has 0 bridgehead atoms. The van der Waals surface area contributed by atoms with Crippen molar-refractivity contribution in [3.63, 3.8) is 0 Å². The number of aromatic nitrogens is 4. The van der Waals surface area contributed by atoms with Crippen LogP contribution in [-0.2, 0) is 24.7 Å². The molecule has 0 spiro atoms. The fourth-order valence-corrected chi connectivity index (χ4v) is 11.3. The van der Waals surface area contributed by atoms with E-state index in [0.717, 1.165) is 57.7 Å². The smallest absolute Gasteiger partial charge is 0.306 e. The van der Waals surface area contributed by atoms with Crippen molar-refractivity contribution >= 4 is 87.2 Å². The summed E-state index contributed by atoms with van der Waals surface area (Å²) in [6.45, 7) is 0. The van der Waals surface area contributed by atoms with E-state index in [-0.39, 0.29) is 44.0 Å². The van der Waals surface area contributed by atoms with Crippen molar-refractivity contribution in [3.8, 4) is 34.9 Å². The third-order valence-electron chi connectivity index (χ3n) is 14.5. The lowest BCUT2D eigenvalue weighted by Gasteiger charge is -2.27. The molecule has 78 heavy (non-hydrogen) atoms. The van der Waals surface area contributed by atoms with Gasteiger partial charge in [-0.1, -0.05) is 97.1 Å². The van der Waals surface area contributed by atoms with Gasteiger partial charge in [-0.25, -0.2) is 0 Å². The molecule has 0 amide bonds. The molecule has 0 fully saturated rings. The average molecular weight is 1060 g/mol. The molecule has 382 valence electrons. The lowest BCUT2D eigenvalue weighted by molar-refractivity contribution is -0.138. The predicted molar refractivity (Wildman–Crippen MR) is 273 cm³/mol. The molecule has 0 aliphatic rings. The quantitative estimate of drug-likeness (QED) is 0.165. The highest BCUT2D eigenvalue weighted by Crippen LogP contribution is 2.51. The summed E-state index contributed by atoms with van der Waals surface area (Å²) in [6.07, 6.45) is -20.3. The lowest BCUT2D eigenvalue weighted by atomic mass is 9.98. The number of rotatable bonds is 4. The van der Waals surface area contributed by atoms with E-state index >= 15 is 52.7 Å². The minimum Gasteiger partial charge on any atom is -0.306 e. The standard InChI is InChI=1S/C60H28F12N6/c61-57(62,63)31-17-21-39-40-22-18-32(58(64,65)66)26-50(40)77(49(39)25-31)54-43(29-73)53(75-45-13-5-1-9-35(45)36-10-2-6-14-46(36)75)44(30-74)55(56(54)76-47-15-7-3-11-37(47)38-12-4-8-16-48(38)76)78-51-27-33(59(67,68)69)19-23-41(51)42-24-20-34(28-52(42)78)60(70,71)72/h1-28H. The maximum atomic E-state index is 15.1. The topological polar surface area (TPSA) is 67.3 Å². The normalized spacial score (nSPS) is 12.8.